The molecule has 1 aliphatic rings. The molecule has 31 heavy (non-hydrogen) atoms. The first kappa shape index (κ1) is 19.8. The lowest BCUT2D eigenvalue weighted by Gasteiger charge is -2.31. The molecular weight excluding hydrogens is 401 g/mol. The average molecular weight is 423 g/mol. The number of hydrogen-bond donors (Lipinski definition) is 0. The third kappa shape index (κ3) is 2.81. The number of halogens is 3. The van der Waals surface area contributed by atoms with Crippen molar-refractivity contribution in [2.75, 3.05) is 0 Å². The van der Waals surface area contributed by atoms with Gasteiger partial charge in [0, 0.05) is 11.6 Å². The standard InChI is InChI=1S/C25H22F3N2O/c1-13-15-8-6-7-9-16(15)21(24(2,3)4)23-19(13)22-20-17(29-12-30(22)5)10-14(25(26,27)28)11-18(20)31-23/h6-12H,1-5H3/q+1. The number of nitrogens with zero attached hydrogens (tertiary/aromatic N) is 2. The van der Waals surface area contributed by atoms with E-state index in [-0.39, 0.29) is 16.7 Å². The first-order valence-corrected chi connectivity index (χ1v) is 10.1. The van der Waals surface area contributed by atoms with Gasteiger partial charge in [-0.1, -0.05) is 45.0 Å². The molecule has 0 saturated heterocycles. The largest absolute Gasteiger partial charge is 0.455 e. The topological polar surface area (TPSA) is 26.0 Å². The molecule has 5 rings (SSSR count). The minimum absolute atomic E-state index is 0.191. The van der Waals surface area contributed by atoms with Gasteiger partial charge in [0.2, 0.25) is 0 Å². The van der Waals surface area contributed by atoms with E-state index in [1.54, 1.807) is 6.33 Å². The zero-order valence-electron chi connectivity index (χ0n) is 18.0. The third-order valence-electron chi connectivity index (χ3n) is 6.00. The zero-order valence-corrected chi connectivity index (χ0v) is 18.0. The van der Waals surface area contributed by atoms with Crippen LogP contribution in [0.3, 0.4) is 0 Å². The number of ether oxygens (including phenoxy) is 1. The zero-order chi connectivity index (χ0) is 22.3. The molecular formula is C25H22F3N2O+. The molecule has 0 spiro atoms. The molecule has 3 nitrogen and oxygen atoms in total. The number of rotatable bonds is 0. The van der Waals surface area contributed by atoms with Crippen LogP contribution in [0.1, 0.15) is 37.5 Å². The minimum atomic E-state index is -4.49. The van der Waals surface area contributed by atoms with Crippen LogP contribution < -0.4 is 9.30 Å². The van der Waals surface area contributed by atoms with Crippen LogP contribution in [0.15, 0.2) is 42.7 Å². The highest BCUT2D eigenvalue weighted by atomic mass is 19.4. The van der Waals surface area contributed by atoms with Crippen LogP contribution in [0.4, 0.5) is 13.2 Å². The van der Waals surface area contributed by atoms with Crippen molar-refractivity contribution >= 4 is 21.7 Å². The van der Waals surface area contributed by atoms with Gasteiger partial charge in [-0.2, -0.15) is 13.2 Å². The monoisotopic (exact) mass is 423 g/mol. The molecule has 0 radical (unpaired) electrons. The van der Waals surface area contributed by atoms with E-state index in [0.717, 1.165) is 45.3 Å². The smallest absolute Gasteiger partial charge is 0.416 e. The van der Waals surface area contributed by atoms with Crippen LogP contribution in [-0.4, -0.2) is 4.98 Å². The lowest BCUT2D eigenvalue weighted by molar-refractivity contribution is -0.662. The molecule has 0 aliphatic carbocycles. The maximum Gasteiger partial charge on any atom is 0.416 e. The van der Waals surface area contributed by atoms with Crippen LogP contribution in [-0.2, 0) is 18.6 Å². The van der Waals surface area contributed by atoms with E-state index in [0.29, 0.717) is 11.1 Å². The normalized spacial score (nSPS) is 13.4. The Hall–Kier alpha value is -3.15. The van der Waals surface area contributed by atoms with E-state index >= 15 is 0 Å². The number of benzene rings is 3. The van der Waals surface area contributed by atoms with Gasteiger partial charge in [-0.25, -0.2) is 4.57 Å². The Labute approximate surface area is 178 Å². The number of aryl methyl sites for hydroxylation is 2. The Morgan fingerprint density at radius 1 is 1.00 bits per heavy atom. The molecule has 1 aromatic heterocycles. The summed E-state index contributed by atoms with van der Waals surface area (Å²) in [4.78, 5) is 4.28. The molecule has 2 heterocycles. The van der Waals surface area contributed by atoms with Gasteiger partial charge in [-0.3, -0.25) is 0 Å². The van der Waals surface area contributed by atoms with Gasteiger partial charge in [-0.15, -0.1) is 0 Å². The predicted octanol–water partition coefficient (Wildman–Crippen LogP) is 6.61. The van der Waals surface area contributed by atoms with Gasteiger partial charge in [0.05, 0.1) is 18.2 Å². The molecule has 0 unspecified atom stereocenters. The van der Waals surface area contributed by atoms with Crippen LogP contribution in [0, 0.1) is 6.92 Å². The highest BCUT2D eigenvalue weighted by Crippen LogP contribution is 2.53. The van der Waals surface area contributed by atoms with Crippen molar-refractivity contribution in [2.45, 2.75) is 39.3 Å². The van der Waals surface area contributed by atoms with E-state index in [9.17, 15) is 13.2 Å². The fourth-order valence-corrected chi connectivity index (χ4v) is 4.69. The quantitative estimate of drug-likeness (QED) is 0.262. The molecule has 0 bridgehead atoms. The highest BCUT2D eigenvalue weighted by Gasteiger charge is 2.38. The van der Waals surface area contributed by atoms with Gasteiger partial charge < -0.3 is 4.74 Å². The van der Waals surface area contributed by atoms with Crippen molar-refractivity contribution in [2.24, 2.45) is 7.05 Å². The molecule has 0 amide bonds. The van der Waals surface area contributed by atoms with Crippen LogP contribution in [0.5, 0.6) is 11.5 Å². The van der Waals surface area contributed by atoms with E-state index in [4.69, 9.17) is 4.74 Å². The SMILES string of the molecule is Cc1c2c(c(C(C)(C)C)c3ccccc13)Oc1cc(C(F)(F)F)cc3nc[n+](C)c-2c13. The van der Waals surface area contributed by atoms with Crippen molar-refractivity contribution < 1.29 is 22.5 Å². The van der Waals surface area contributed by atoms with Crippen molar-refractivity contribution in [3.05, 3.63) is 59.4 Å². The van der Waals surface area contributed by atoms with E-state index in [2.05, 4.69) is 37.9 Å². The maximum atomic E-state index is 13.6. The molecule has 0 N–H and O–H groups in total. The Balaban J connectivity index is 2.01. The summed E-state index contributed by atoms with van der Waals surface area (Å²) in [6.07, 6.45) is -2.91. The minimum Gasteiger partial charge on any atom is -0.455 e. The highest BCUT2D eigenvalue weighted by molar-refractivity contribution is 6.06. The summed E-state index contributed by atoms with van der Waals surface area (Å²) in [6.45, 7) is 8.32. The van der Waals surface area contributed by atoms with Gasteiger partial charge in [0.25, 0.3) is 6.33 Å². The van der Waals surface area contributed by atoms with Gasteiger partial charge in [-0.05, 0) is 39.7 Å². The summed E-state index contributed by atoms with van der Waals surface area (Å²) >= 11 is 0. The summed E-state index contributed by atoms with van der Waals surface area (Å²) in [5.41, 5.74) is 2.97. The number of hydrogen-bond acceptors (Lipinski definition) is 2. The summed E-state index contributed by atoms with van der Waals surface area (Å²) in [6, 6.07) is 10.3. The fourth-order valence-electron chi connectivity index (χ4n) is 4.69. The van der Waals surface area contributed by atoms with Crippen molar-refractivity contribution in [1.82, 2.24) is 4.98 Å². The van der Waals surface area contributed by atoms with Crippen molar-refractivity contribution in [3.8, 4) is 22.8 Å². The van der Waals surface area contributed by atoms with Crippen LogP contribution in [0.25, 0.3) is 32.9 Å². The number of alkyl halides is 3. The second-order valence-corrected chi connectivity index (χ2v) is 9.17. The molecule has 158 valence electrons. The summed E-state index contributed by atoms with van der Waals surface area (Å²) in [7, 11) is 1.86. The molecule has 0 atom stereocenters. The summed E-state index contributed by atoms with van der Waals surface area (Å²) < 4.78 is 48.9. The maximum absolute atomic E-state index is 13.6. The van der Waals surface area contributed by atoms with Crippen molar-refractivity contribution in [3.63, 3.8) is 0 Å². The Morgan fingerprint density at radius 2 is 1.68 bits per heavy atom. The van der Waals surface area contributed by atoms with Gasteiger partial charge >= 0.3 is 6.18 Å². The van der Waals surface area contributed by atoms with E-state index in [1.807, 2.05) is 30.7 Å². The van der Waals surface area contributed by atoms with E-state index < -0.39 is 11.7 Å². The van der Waals surface area contributed by atoms with Crippen LogP contribution in [0.2, 0.25) is 0 Å². The molecule has 4 aromatic rings. The first-order valence-electron chi connectivity index (χ1n) is 10.1. The summed E-state index contributed by atoms with van der Waals surface area (Å²) in [5, 5.41) is 2.76. The second kappa shape index (κ2) is 6.19. The van der Waals surface area contributed by atoms with Gasteiger partial charge in [0.1, 0.15) is 16.9 Å². The molecule has 3 aromatic carbocycles. The molecule has 6 heteroatoms. The second-order valence-electron chi connectivity index (χ2n) is 9.17. The Morgan fingerprint density at radius 3 is 2.32 bits per heavy atom. The molecule has 1 aliphatic heterocycles. The molecule has 0 fully saturated rings. The Bertz CT molecular complexity index is 1400. The predicted molar refractivity (Wildman–Crippen MR) is 114 cm³/mol. The lowest BCUT2D eigenvalue weighted by Crippen LogP contribution is -2.33. The number of fused-ring (bicyclic) bond motifs is 3. The Kier molecular flexibility index (Phi) is 3.95. The first-order chi connectivity index (χ1) is 14.5. The molecule has 0 saturated carbocycles. The summed E-state index contributed by atoms with van der Waals surface area (Å²) in [5.74, 6) is 0.815. The van der Waals surface area contributed by atoms with Crippen LogP contribution >= 0.6 is 0 Å². The fraction of sp³-hybridized carbons (Fsp3) is 0.280. The average Bonchev–Trinajstić information content (AvgIpc) is 2.68. The van der Waals surface area contributed by atoms with Gasteiger partial charge in [0.15, 0.2) is 11.2 Å². The third-order valence-corrected chi connectivity index (χ3v) is 6.00. The van der Waals surface area contributed by atoms with E-state index in [1.165, 1.54) is 0 Å². The van der Waals surface area contributed by atoms with Crippen molar-refractivity contribution in [1.29, 1.82) is 0 Å². The number of aromatic nitrogens is 2. The lowest BCUT2D eigenvalue weighted by atomic mass is 9.78.